The number of thioether (sulfide) groups is 1. The van der Waals surface area contributed by atoms with Crippen molar-refractivity contribution in [1.29, 1.82) is 0 Å². The molecule has 2 aromatic rings. The average molecular weight is 405 g/mol. The van der Waals surface area contributed by atoms with E-state index in [1.165, 1.54) is 0 Å². The number of allylic oxidation sites excluding steroid dienone is 1. The third kappa shape index (κ3) is 4.36. The lowest BCUT2D eigenvalue weighted by molar-refractivity contribution is -0.133. The number of nitrogens with zero attached hydrogens (tertiary/aromatic N) is 3. The Balaban J connectivity index is 1.72. The molecule has 0 spiro atoms. The molecule has 0 saturated carbocycles. The van der Waals surface area contributed by atoms with Crippen molar-refractivity contribution in [1.82, 2.24) is 14.5 Å². The summed E-state index contributed by atoms with van der Waals surface area (Å²) in [4.78, 5) is 30.9. The number of hydrogen-bond acceptors (Lipinski definition) is 4. The fourth-order valence-corrected chi connectivity index (χ4v) is 4.33. The largest absolute Gasteiger partial charge is 0.324 e. The van der Waals surface area contributed by atoms with E-state index in [1.807, 2.05) is 19.1 Å². The van der Waals surface area contributed by atoms with Crippen LogP contribution in [-0.2, 0) is 9.59 Å². The lowest BCUT2D eigenvalue weighted by Gasteiger charge is -2.23. The number of carbonyl (C=O) groups is 2. The molecule has 1 fully saturated rings. The third-order valence-electron chi connectivity index (χ3n) is 4.29. The molecule has 1 aromatic carbocycles. The van der Waals surface area contributed by atoms with Crippen LogP contribution in [0.2, 0.25) is 5.02 Å². The predicted molar refractivity (Wildman–Crippen MR) is 109 cm³/mol. The van der Waals surface area contributed by atoms with Gasteiger partial charge in [-0.2, -0.15) is 0 Å². The molecule has 0 radical (unpaired) electrons. The fraction of sp³-hybridized carbons (Fsp3) is 0.316. The third-order valence-corrected chi connectivity index (χ3v) is 5.61. The highest BCUT2D eigenvalue weighted by atomic mass is 35.5. The van der Waals surface area contributed by atoms with Crippen molar-refractivity contribution >= 4 is 40.9 Å². The van der Waals surface area contributed by atoms with Gasteiger partial charge in [-0.1, -0.05) is 24.6 Å². The highest BCUT2D eigenvalue weighted by molar-refractivity contribution is 7.99. The molecular weight excluding hydrogens is 384 g/mol. The van der Waals surface area contributed by atoms with E-state index in [0.717, 1.165) is 12.1 Å². The molecule has 1 aromatic heterocycles. The van der Waals surface area contributed by atoms with E-state index in [4.69, 9.17) is 11.6 Å². The average Bonchev–Trinajstić information content (AvgIpc) is 3.33. The van der Waals surface area contributed by atoms with Gasteiger partial charge in [-0.25, -0.2) is 4.98 Å². The Morgan fingerprint density at radius 2 is 2.26 bits per heavy atom. The van der Waals surface area contributed by atoms with E-state index in [0.29, 0.717) is 27.9 Å². The van der Waals surface area contributed by atoms with E-state index in [-0.39, 0.29) is 11.8 Å². The molecule has 1 atom stereocenters. The Hall–Kier alpha value is -2.25. The normalized spacial score (nSPS) is 17.2. The summed E-state index contributed by atoms with van der Waals surface area (Å²) < 4.78 is 1.80. The van der Waals surface area contributed by atoms with Crippen molar-refractivity contribution in [3.63, 3.8) is 0 Å². The molecule has 1 unspecified atom stereocenters. The maximum absolute atomic E-state index is 12.7. The van der Waals surface area contributed by atoms with Crippen LogP contribution in [0.3, 0.4) is 0 Å². The van der Waals surface area contributed by atoms with Crippen LogP contribution in [0.25, 0.3) is 5.69 Å². The Morgan fingerprint density at radius 3 is 2.93 bits per heavy atom. The lowest BCUT2D eigenvalue weighted by atomic mass is 10.2. The van der Waals surface area contributed by atoms with Crippen LogP contribution in [0, 0.1) is 0 Å². The number of rotatable bonds is 5. The van der Waals surface area contributed by atoms with Crippen LogP contribution in [0.15, 0.2) is 48.6 Å². The van der Waals surface area contributed by atoms with E-state index >= 15 is 0 Å². The number of amides is 2. The maximum Gasteiger partial charge on any atom is 0.250 e. The number of carbonyl (C=O) groups excluding carboxylic acids is 2. The molecule has 8 heteroatoms. The first-order chi connectivity index (χ1) is 13.0. The molecule has 1 N–H and O–H groups in total. The quantitative estimate of drug-likeness (QED) is 0.771. The molecule has 2 heterocycles. The summed E-state index contributed by atoms with van der Waals surface area (Å²) in [5, 5.41) is 3.38. The van der Waals surface area contributed by atoms with Gasteiger partial charge in [-0.05, 0) is 31.5 Å². The van der Waals surface area contributed by atoms with Crippen LogP contribution in [-0.4, -0.2) is 43.9 Å². The first-order valence-corrected chi connectivity index (χ1v) is 10.2. The fourth-order valence-electron chi connectivity index (χ4n) is 2.90. The van der Waals surface area contributed by atoms with Gasteiger partial charge in [0.2, 0.25) is 5.91 Å². The smallest absolute Gasteiger partial charge is 0.250 e. The van der Waals surface area contributed by atoms with Crippen molar-refractivity contribution in [3.8, 4) is 5.69 Å². The van der Waals surface area contributed by atoms with Gasteiger partial charge in [0.05, 0.1) is 22.9 Å². The summed E-state index contributed by atoms with van der Waals surface area (Å²) in [6.45, 7) is 3.77. The highest BCUT2D eigenvalue weighted by Crippen LogP contribution is 2.27. The molecule has 1 aliphatic rings. The number of benzene rings is 1. The first kappa shape index (κ1) is 19.5. The molecule has 0 aliphatic carbocycles. The zero-order valence-electron chi connectivity index (χ0n) is 15.2. The summed E-state index contributed by atoms with van der Waals surface area (Å²) in [6, 6.07) is 4.82. The summed E-state index contributed by atoms with van der Waals surface area (Å²) >= 11 is 7.92. The van der Waals surface area contributed by atoms with Gasteiger partial charge in [0, 0.05) is 29.4 Å². The molecule has 27 heavy (non-hydrogen) atoms. The minimum Gasteiger partial charge on any atom is -0.324 e. The summed E-state index contributed by atoms with van der Waals surface area (Å²) in [7, 11) is 0. The van der Waals surface area contributed by atoms with Crippen molar-refractivity contribution in [3.05, 3.63) is 53.6 Å². The summed E-state index contributed by atoms with van der Waals surface area (Å²) in [6.07, 6.45) is 7.80. The minimum absolute atomic E-state index is 0.0875. The molecule has 1 saturated heterocycles. The number of imidazole rings is 1. The van der Waals surface area contributed by atoms with Crippen molar-refractivity contribution < 1.29 is 9.59 Å². The van der Waals surface area contributed by atoms with Gasteiger partial charge in [0.25, 0.3) is 5.91 Å². The summed E-state index contributed by atoms with van der Waals surface area (Å²) in [5.74, 6) is 0.809. The molecule has 142 valence electrons. The number of anilines is 1. The van der Waals surface area contributed by atoms with Gasteiger partial charge in [0.15, 0.2) is 0 Å². The second kappa shape index (κ2) is 8.63. The first-order valence-electron chi connectivity index (χ1n) is 8.65. The SMILES string of the molecule is CC/C=C(/C)C(=O)N1CSCC1C(=O)Nc1ccc(-n2ccnc2)c(Cl)c1. The number of halogens is 1. The zero-order chi connectivity index (χ0) is 19.4. The second-order valence-corrected chi connectivity index (χ2v) is 7.62. The number of nitrogens with one attached hydrogen (secondary N) is 1. The van der Waals surface area contributed by atoms with Crippen LogP contribution in [0.5, 0.6) is 0 Å². The number of hydrogen-bond donors (Lipinski definition) is 1. The molecular formula is C19H21ClN4O2S. The van der Waals surface area contributed by atoms with E-state index < -0.39 is 6.04 Å². The van der Waals surface area contributed by atoms with E-state index in [9.17, 15) is 9.59 Å². The second-order valence-electron chi connectivity index (χ2n) is 6.21. The number of aromatic nitrogens is 2. The predicted octanol–water partition coefficient (Wildman–Crippen LogP) is 3.72. The van der Waals surface area contributed by atoms with Crippen LogP contribution in [0.1, 0.15) is 20.3 Å². The highest BCUT2D eigenvalue weighted by Gasteiger charge is 2.35. The van der Waals surface area contributed by atoms with Crippen molar-refractivity contribution in [2.75, 3.05) is 16.9 Å². The lowest BCUT2D eigenvalue weighted by Crippen LogP contribution is -2.44. The van der Waals surface area contributed by atoms with Gasteiger partial charge in [-0.3, -0.25) is 9.59 Å². The minimum atomic E-state index is -0.491. The topological polar surface area (TPSA) is 67.2 Å². The molecule has 6 nitrogen and oxygen atoms in total. The van der Waals surface area contributed by atoms with E-state index in [1.54, 1.807) is 59.0 Å². The molecule has 3 rings (SSSR count). The van der Waals surface area contributed by atoms with Crippen LogP contribution in [0.4, 0.5) is 5.69 Å². The van der Waals surface area contributed by atoms with Gasteiger partial charge in [0.1, 0.15) is 6.04 Å². The Morgan fingerprint density at radius 1 is 1.44 bits per heavy atom. The molecule has 2 amide bonds. The monoisotopic (exact) mass is 404 g/mol. The van der Waals surface area contributed by atoms with Crippen LogP contribution < -0.4 is 5.32 Å². The zero-order valence-corrected chi connectivity index (χ0v) is 16.8. The van der Waals surface area contributed by atoms with E-state index in [2.05, 4.69) is 10.3 Å². The Kier molecular flexibility index (Phi) is 6.23. The van der Waals surface area contributed by atoms with Crippen LogP contribution >= 0.6 is 23.4 Å². The molecule has 0 bridgehead atoms. The maximum atomic E-state index is 12.7. The van der Waals surface area contributed by atoms with Crippen molar-refractivity contribution in [2.24, 2.45) is 0 Å². The Labute approximate surface area is 167 Å². The summed E-state index contributed by atoms with van der Waals surface area (Å²) in [5.41, 5.74) is 2.05. The van der Waals surface area contributed by atoms with Gasteiger partial charge in [-0.15, -0.1) is 11.8 Å². The van der Waals surface area contributed by atoms with Gasteiger partial charge >= 0.3 is 0 Å². The van der Waals surface area contributed by atoms with Gasteiger partial charge < -0.3 is 14.8 Å². The molecule has 1 aliphatic heterocycles. The Bertz CT molecular complexity index is 867. The van der Waals surface area contributed by atoms with Crippen molar-refractivity contribution in [2.45, 2.75) is 26.3 Å². The standard InChI is InChI=1S/C19H21ClN4O2S/c1-3-4-13(2)19(26)24-12-27-10-17(24)18(25)22-14-5-6-16(15(20)9-14)23-8-7-21-11-23/h4-9,11,17H,3,10,12H2,1-2H3,(H,22,25)/b13-4-.